The van der Waals surface area contributed by atoms with Crippen LogP contribution >= 0.6 is 31.9 Å². The fourth-order valence-electron chi connectivity index (χ4n) is 3.23. The average Bonchev–Trinajstić information content (AvgIpc) is 2.77. The molecule has 2 unspecified atom stereocenters. The molecule has 34 heavy (non-hydrogen) atoms. The molecule has 0 bridgehead atoms. The molecule has 0 spiro atoms. The Balaban J connectivity index is 2.39. The molecule has 1 N–H and O–H groups in total. The Bertz CT molecular complexity index is 1120. The van der Waals surface area contributed by atoms with Crippen LogP contribution < -0.4 is 9.62 Å². The maximum absolute atomic E-state index is 13.5. The van der Waals surface area contributed by atoms with Crippen molar-refractivity contribution in [1.29, 1.82) is 0 Å². The van der Waals surface area contributed by atoms with Gasteiger partial charge in [-0.25, -0.2) is 8.42 Å². The number of halogens is 2. The van der Waals surface area contributed by atoms with E-state index in [1.807, 2.05) is 45.0 Å². The lowest BCUT2D eigenvalue weighted by molar-refractivity contribution is -0.139. The first-order chi connectivity index (χ1) is 15.8. The summed E-state index contributed by atoms with van der Waals surface area (Å²) < 4.78 is 28.1. The molecule has 2 aromatic rings. The molecule has 2 rings (SSSR count). The first-order valence-corrected chi connectivity index (χ1v) is 14.3. The van der Waals surface area contributed by atoms with Crippen LogP contribution in [-0.4, -0.2) is 50.0 Å². The third kappa shape index (κ3) is 7.81. The van der Waals surface area contributed by atoms with E-state index in [0.717, 1.165) is 37.1 Å². The van der Waals surface area contributed by atoms with Crippen molar-refractivity contribution in [2.75, 3.05) is 17.1 Å². The first-order valence-electron chi connectivity index (χ1n) is 10.9. The molecule has 0 fully saturated rings. The minimum Gasteiger partial charge on any atom is -0.352 e. The van der Waals surface area contributed by atoms with E-state index in [4.69, 9.17) is 0 Å². The number of benzene rings is 2. The highest BCUT2D eigenvalue weighted by molar-refractivity contribution is 9.10. The Morgan fingerprint density at radius 3 is 2.21 bits per heavy atom. The van der Waals surface area contributed by atoms with E-state index in [2.05, 4.69) is 37.2 Å². The molecule has 2 atom stereocenters. The summed E-state index contributed by atoms with van der Waals surface area (Å²) in [6.07, 6.45) is 1.82. The number of rotatable bonds is 10. The number of carbonyl (C=O) groups excluding carboxylic acids is 2. The van der Waals surface area contributed by atoms with Crippen molar-refractivity contribution < 1.29 is 18.0 Å². The van der Waals surface area contributed by atoms with Crippen LogP contribution in [0.4, 0.5) is 5.69 Å². The van der Waals surface area contributed by atoms with Gasteiger partial charge in [-0.2, -0.15) is 0 Å². The van der Waals surface area contributed by atoms with Crippen LogP contribution in [0.3, 0.4) is 0 Å². The summed E-state index contributed by atoms with van der Waals surface area (Å²) in [6.45, 7) is 7.10. The lowest BCUT2D eigenvalue weighted by atomic mass is 10.1. The normalized spacial score (nSPS) is 13.1. The highest BCUT2D eigenvalue weighted by Crippen LogP contribution is 2.25. The highest BCUT2D eigenvalue weighted by atomic mass is 79.9. The molecule has 7 nitrogen and oxygen atoms in total. The van der Waals surface area contributed by atoms with E-state index >= 15 is 0 Å². The maximum Gasteiger partial charge on any atom is 0.244 e. The molecule has 186 valence electrons. The van der Waals surface area contributed by atoms with Gasteiger partial charge in [0.15, 0.2) is 0 Å². The van der Waals surface area contributed by atoms with Gasteiger partial charge in [-0.1, -0.05) is 50.9 Å². The van der Waals surface area contributed by atoms with Gasteiger partial charge in [-0.15, -0.1) is 0 Å². The van der Waals surface area contributed by atoms with Crippen molar-refractivity contribution in [2.45, 2.75) is 52.7 Å². The van der Waals surface area contributed by atoms with Gasteiger partial charge >= 0.3 is 0 Å². The van der Waals surface area contributed by atoms with E-state index in [-0.39, 0.29) is 18.5 Å². The number of nitrogens with zero attached hydrogens (tertiary/aromatic N) is 2. The molecule has 0 aliphatic carbocycles. The third-order valence-electron chi connectivity index (χ3n) is 5.54. The summed E-state index contributed by atoms with van der Waals surface area (Å²) in [7, 11) is -3.76. The van der Waals surface area contributed by atoms with Crippen molar-refractivity contribution in [2.24, 2.45) is 0 Å². The lowest BCUT2D eigenvalue weighted by Crippen LogP contribution is -2.52. The van der Waals surface area contributed by atoms with Gasteiger partial charge in [0.25, 0.3) is 0 Å². The van der Waals surface area contributed by atoms with Gasteiger partial charge in [0.1, 0.15) is 12.6 Å². The zero-order chi connectivity index (χ0) is 25.6. The Morgan fingerprint density at radius 2 is 1.68 bits per heavy atom. The van der Waals surface area contributed by atoms with Crippen LogP contribution in [-0.2, 0) is 26.2 Å². The van der Waals surface area contributed by atoms with E-state index in [9.17, 15) is 18.0 Å². The van der Waals surface area contributed by atoms with Gasteiger partial charge in [-0.05, 0) is 68.7 Å². The number of hydrogen-bond acceptors (Lipinski definition) is 4. The summed E-state index contributed by atoms with van der Waals surface area (Å²) in [5, 5.41) is 2.91. The molecular weight excluding hydrogens is 586 g/mol. The van der Waals surface area contributed by atoms with Crippen molar-refractivity contribution in [3.05, 3.63) is 62.5 Å². The molecule has 0 saturated carbocycles. The number of carbonyl (C=O) groups is 2. The monoisotopic (exact) mass is 615 g/mol. The van der Waals surface area contributed by atoms with Crippen LogP contribution in [0.1, 0.15) is 38.3 Å². The number of anilines is 1. The summed E-state index contributed by atoms with van der Waals surface area (Å²) in [4.78, 5) is 27.8. The van der Waals surface area contributed by atoms with Crippen LogP contribution in [0, 0.1) is 6.92 Å². The van der Waals surface area contributed by atoms with Gasteiger partial charge in [0, 0.05) is 21.5 Å². The fourth-order valence-corrected chi connectivity index (χ4v) is 4.58. The molecule has 0 radical (unpaired) electrons. The van der Waals surface area contributed by atoms with E-state index in [1.54, 1.807) is 25.1 Å². The number of amides is 2. The van der Waals surface area contributed by atoms with E-state index < -0.39 is 28.5 Å². The van der Waals surface area contributed by atoms with Gasteiger partial charge in [0.2, 0.25) is 21.8 Å². The second-order valence-corrected chi connectivity index (χ2v) is 12.0. The summed E-state index contributed by atoms with van der Waals surface area (Å²) in [5.74, 6) is -0.758. The minimum atomic E-state index is -3.76. The largest absolute Gasteiger partial charge is 0.352 e. The summed E-state index contributed by atoms with van der Waals surface area (Å²) in [5.41, 5.74) is 2.05. The second kappa shape index (κ2) is 12.2. The van der Waals surface area contributed by atoms with Gasteiger partial charge < -0.3 is 10.2 Å². The molecule has 0 aromatic heterocycles. The molecule has 0 heterocycles. The Kier molecular flexibility index (Phi) is 10.1. The smallest absolute Gasteiger partial charge is 0.244 e. The number of aryl methyl sites for hydroxylation is 1. The van der Waals surface area contributed by atoms with Crippen molar-refractivity contribution in [1.82, 2.24) is 10.2 Å². The minimum absolute atomic E-state index is 0.0437. The van der Waals surface area contributed by atoms with E-state index in [0.29, 0.717) is 5.69 Å². The SMILES string of the molecule is CCC(C)NC(=O)C(C)N(Cc1ccc(Br)cc1)C(=O)CN(c1ccc(Br)c(C)c1)S(C)(=O)=O. The predicted octanol–water partition coefficient (Wildman–Crippen LogP) is 4.62. The van der Waals surface area contributed by atoms with Crippen molar-refractivity contribution >= 4 is 59.4 Å². The Hall–Kier alpha value is -1.91. The number of nitrogens with one attached hydrogen (secondary N) is 1. The van der Waals surface area contributed by atoms with Crippen LogP contribution in [0.2, 0.25) is 0 Å². The lowest BCUT2D eigenvalue weighted by Gasteiger charge is -2.32. The Morgan fingerprint density at radius 1 is 1.06 bits per heavy atom. The van der Waals surface area contributed by atoms with Crippen LogP contribution in [0.5, 0.6) is 0 Å². The zero-order valence-electron chi connectivity index (χ0n) is 20.0. The van der Waals surface area contributed by atoms with Crippen LogP contribution in [0.25, 0.3) is 0 Å². The average molecular weight is 617 g/mol. The van der Waals surface area contributed by atoms with Gasteiger partial charge in [0.05, 0.1) is 11.9 Å². The summed E-state index contributed by atoms with van der Waals surface area (Å²) >= 11 is 6.81. The maximum atomic E-state index is 13.5. The number of sulfonamides is 1. The molecule has 10 heteroatoms. The summed E-state index contributed by atoms with van der Waals surface area (Å²) in [6, 6.07) is 11.7. The molecular formula is C24H31Br2N3O4S. The molecule has 0 aliphatic rings. The van der Waals surface area contributed by atoms with Crippen LogP contribution in [0.15, 0.2) is 51.4 Å². The standard InChI is InChI=1S/C24H31Br2N3O4S/c1-6-17(3)27-24(31)18(4)28(14-19-7-9-20(25)10-8-19)23(30)15-29(34(5,32)33)21-11-12-22(26)16(2)13-21/h7-13,17-18H,6,14-15H2,1-5H3,(H,27,31). The molecule has 2 aromatic carbocycles. The molecule has 0 aliphatic heterocycles. The molecule has 0 saturated heterocycles. The Labute approximate surface area is 219 Å². The number of hydrogen-bond donors (Lipinski definition) is 1. The highest BCUT2D eigenvalue weighted by Gasteiger charge is 2.30. The van der Waals surface area contributed by atoms with Gasteiger partial charge in [-0.3, -0.25) is 13.9 Å². The first kappa shape index (κ1) is 28.3. The topological polar surface area (TPSA) is 86.8 Å². The van der Waals surface area contributed by atoms with E-state index in [1.165, 1.54) is 4.90 Å². The quantitative estimate of drug-likeness (QED) is 0.422. The second-order valence-electron chi connectivity index (χ2n) is 8.35. The van der Waals surface area contributed by atoms with Crippen molar-refractivity contribution in [3.8, 4) is 0 Å². The van der Waals surface area contributed by atoms with Crippen molar-refractivity contribution in [3.63, 3.8) is 0 Å². The molecule has 2 amide bonds. The fraction of sp³-hybridized carbons (Fsp3) is 0.417. The third-order valence-corrected chi connectivity index (χ3v) is 8.10. The predicted molar refractivity (Wildman–Crippen MR) is 143 cm³/mol. The zero-order valence-corrected chi connectivity index (χ0v) is 24.0.